The highest BCUT2D eigenvalue weighted by molar-refractivity contribution is 5.29. The van der Waals surface area contributed by atoms with Gasteiger partial charge in [0.1, 0.15) is 0 Å². The highest BCUT2D eigenvalue weighted by Gasteiger charge is 2.40. The number of aliphatic hydroxyl groups is 1. The summed E-state index contributed by atoms with van der Waals surface area (Å²) in [6.07, 6.45) is 2.74. The summed E-state index contributed by atoms with van der Waals surface area (Å²) in [4.78, 5) is 0. The highest BCUT2D eigenvalue weighted by atomic mass is 16.5. The van der Waals surface area contributed by atoms with Crippen molar-refractivity contribution in [3.05, 3.63) is 35.4 Å². The van der Waals surface area contributed by atoms with Gasteiger partial charge >= 0.3 is 0 Å². The van der Waals surface area contributed by atoms with Crippen molar-refractivity contribution in [2.24, 2.45) is 0 Å². The summed E-state index contributed by atoms with van der Waals surface area (Å²) >= 11 is 0. The first kappa shape index (κ1) is 9.37. The SMILES string of the molecule is OC1(Cc2cccc(C3COC3)c2)CC1. The molecule has 0 unspecified atom stereocenters. The van der Waals surface area contributed by atoms with E-state index in [1.165, 1.54) is 11.1 Å². The molecule has 3 rings (SSSR count). The average molecular weight is 204 g/mol. The maximum atomic E-state index is 9.86. The lowest BCUT2D eigenvalue weighted by molar-refractivity contribution is 0.00838. The quantitative estimate of drug-likeness (QED) is 0.814. The summed E-state index contributed by atoms with van der Waals surface area (Å²) in [5.41, 5.74) is 2.25. The fourth-order valence-corrected chi connectivity index (χ4v) is 2.09. The number of rotatable bonds is 3. The lowest BCUT2D eigenvalue weighted by atomic mass is 9.94. The summed E-state index contributed by atoms with van der Waals surface area (Å²) in [5, 5.41) is 9.86. The van der Waals surface area contributed by atoms with Crippen molar-refractivity contribution in [2.75, 3.05) is 13.2 Å². The van der Waals surface area contributed by atoms with Crippen molar-refractivity contribution in [1.29, 1.82) is 0 Å². The van der Waals surface area contributed by atoms with Crippen LogP contribution in [0.15, 0.2) is 24.3 Å². The van der Waals surface area contributed by atoms with Crippen LogP contribution in [0.4, 0.5) is 0 Å². The van der Waals surface area contributed by atoms with Crippen LogP contribution in [0.1, 0.15) is 29.9 Å². The van der Waals surface area contributed by atoms with Crippen LogP contribution in [0.5, 0.6) is 0 Å². The Morgan fingerprint density at radius 1 is 1.33 bits per heavy atom. The topological polar surface area (TPSA) is 29.5 Å². The van der Waals surface area contributed by atoms with Crippen LogP contribution in [-0.2, 0) is 11.2 Å². The van der Waals surface area contributed by atoms with E-state index in [1.807, 2.05) is 0 Å². The highest BCUT2D eigenvalue weighted by Crippen LogP contribution is 2.38. The Labute approximate surface area is 89.9 Å². The van der Waals surface area contributed by atoms with E-state index >= 15 is 0 Å². The van der Waals surface area contributed by atoms with E-state index in [0.717, 1.165) is 32.5 Å². The van der Waals surface area contributed by atoms with Gasteiger partial charge in [-0.25, -0.2) is 0 Å². The van der Waals surface area contributed by atoms with Gasteiger partial charge in [0.15, 0.2) is 0 Å². The lowest BCUT2D eigenvalue weighted by Gasteiger charge is -2.26. The second kappa shape index (κ2) is 3.32. The predicted octanol–water partition coefficient (Wildman–Crippen LogP) is 1.87. The Balaban J connectivity index is 1.76. The van der Waals surface area contributed by atoms with Gasteiger partial charge < -0.3 is 9.84 Å². The van der Waals surface area contributed by atoms with Crippen molar-refractivity contribution in [3.63, 3.8) is 0 Å². The third kappa shape index (κ3) is 1.92. The molecule has 80 valence electrons. The fraction of sp³-hybridized carbons (Fsp3) is 0.538. The number of hydrogen-bond acceptors (Lipinski definition) is 2. The number of benzene rings is 1. The Bertz CT molecular complexity index is 365. The molecule has 1 heterocycles. The van der Waals surface area contributed by atoms with Crippen LogP contribution in [0.25, 0.3) is 0 Å². The molecule has 0 amide bonds. The van der Waals surface area contributed by atoms with Crippen LogP contribution in [-0.4, -0.2) is 23.9 Å². The third-order valence-corrected chi connectivity index (χ3v) is 3.42. The Hall–Kier alpha value is -0.860. The van der Waals surface area contributed by atoms with Crippen LogP contribution in [0.2, 0.25) is 0 Å². The van der Waals surface area contributed by atoms with E-state index < -0.39 is 0 Å². The largest absolute Gasteiger partial charge is 0.390 e. The van der Waals surface area contributed by atoms with E-state index in [-0.39, 0.29) is 5.60 Å². The Kier molecular flexibility index (Phi) is 2.08. The second-order valence-corrected chi connectivity index (χ2v) is 4.88. The number of ether oxygens (including phenoxy) is 1. The Morgan fingerprint density at radius 2 is 2.13 bits per heavy atom. The molecule has 15 heavy (non-hydrogen) atoms. The first-order valence-corrected chi connectivity index (χ1v) is 5.64. The van der Waals surface area contributed by atoms with Gasteiger partial charge in [0.25, 0.3) is 0 Å². The zero-order chi connectivity index (χ0) is 10.3. The molecule has 1 aliphatic heterocycles. The van der Waals surface area contributed by atoms with Crippen molar-refractivity contribution in [3.8, 4) is 0 Å². The van der Waals surface area contributed by atoms with Gasteiger partial charge in [-0.2, -0.15) is 0 Å². The monoisotopic (exact) mass is 204 g/mol. The van der Waals surface area contributed by atoms with Crippen LogP contribution < -0.4 is 0 Å². The molecule has 0 spiro atoms. The normalized spacial score (nSPS) is 23.5. The molecule has 0 atom stereocenters. The minimum Gasteiger partial charge on any atom is -0.390 e. The minimum absolute atomic E-state index is 0.380. The van der Waals surface area contributed by atoms with Gasteiger partial charge in [-0.1, -0.05) is 24.3 Å². The van der Waals surface area contributed by atoms with Crippen molar-refractivity contribution >= 4 is 0 Å². The minimum atomic E-state index is -0.380. The molecule has 2 nitrogen and oxygen atoms in total. The second-order valence-electron chi connectivity index (χ2n) is 4.88. The lowest BCUT2D eigenvalue weighted by Crippen LogP contribution is -2.25. The molecule has 1 saturated carbocycles. The Morgan fingerprint density at radius 3 is 2.73 bits per heavy atom. The van der Waals surface area contributed by atoms with E-state index in [4.69, 9.17) is 4.74 Å². The van der Waals surface area contributed by atoms with E-state index in [0.29, 0.717) is 5.92 Å². The summed E-state index contributed by atoms with van der Waals surface area (Å²) in [5.74, 6) is 0.582. The first-order chi connectivity index (χ1) is 7.25. The zero-order valence-corrected chi connectivity index (χ0v) is 8.78. The van der Waals surface area contributed by atoms with Crippen molar-refractivity contribution in [2.45, 2.75) is 30.8 Å². The molecule has 1 aromatic carbocycles. The maximum absolute atomic E-state index is 9.86. The standard InChI is InChI=1S/C13H16O2/c14-13(4-5-13)7-10-2-1-3-11(6-10)12-8-15-9-12/h1-3,6,12,14H,4-5,7-9H2. The summed E-state index contributed by atoms with van der Waals surface area (Å²) in [7, 11) is 0. The van der Waals surface area contributed by atoms with Gasteiger partial charge in [-0.05, 0) is 24.0 Å². The zero-order valence-electron chi connectivity index (χ0n) is 8.78. The van der Waals surface area contributed by atoms with Gasteiger partial charge in [-0.15, -0.1) is 0 Å². The summed E-state index contributed by atoms with van der Waals surface area (Å²) < 4.78 is 5.19. The molecule has 2 fully saturated rings. The predicted molar refractivity (Wildman–Crippen MR) is 57.9 cm³/mol. The van der Waals surface area contributed by atoms with E-state index in [1.54, 1.807) is 0 Å². The summed E-state index contributed by atoms with van der Waals surface area (Å²) in [6.45, 7) is 1.71. The van der Waals surface area contributed by atoms with Crippen molar-refractivity contribution in [1.82, 2.24) is 0 Å². The molecule has 0 radical (unpaired) electrons. The summed E-state index contributed by atoms with van der Waals surface area (Å²) in [6, 6.07) is 8.59. The average Bonchev–Trinajstić information content (AvgIpc) is 2.80. The fourth-order valence-electron chi connectivity index (χ4n) is 2.09. The molecule has 0 bridgehead atoms. The van der Waals surface area contributed by atoms with Crippen molar-refractivity contribution < 1.29 is 9.84 Å². The van der Waals surface area contributed by atoms with Gasteiger partial charge in [0.05, 0.1) is 18.8 Å². The third-order valence-electron chi connectivity index (χ3n) is 3.42. The molecular weight excluding hydrogens is 188 g/mol. The molecule has 1 aliphatic carbocycles. The molecule has 1 aromatic rings. The molecule has 2 aliphatic rings. The van der Waals surface area contributed by atoms with E-state index in [2.05, 4.69) is 24.3 Å². The maximum Gasteiger partial charge on any atom is 0.0690 e. The van der Waals surface area contributed by atoms with Gasteiger partial charge in [0, 0.05) is 12.3 Å². The van der Waals surface area contributed by atoms with Crippen LogP contribution >= 0.6 is 0 Å². The van der Waals surface area contributed by atoms with Crippen LogP contribution in [0.3, 0.4) is 0 Å². The van der Waals surface area contributed by atoms with Gasteiger partial charge in [0.2, 0.25) is 0 Å². The molecule has 0 aromatic heterocycles. The van der Waals surface area contributed by atoms with E-state index in [9.17, 15) is 5.11 Å². The molecule has 1 N–H and O–H groups in total. The molecular formula is C13H16O2. The van der Waals surface area contributed by atoms with Gasteiger partial charge in [-0.3, -0.25) is 0 Å². The smallest absolute Gasteiger partial charge is 0.0690 e. The first-order valence-electron chi connectivity index (χ1n) is 5.64. The number of hydrogen-bond donors (Lipinski definition) is 1. The van der Waals surface area contributed by atoms with Crippen LogP contribution in [0, 0.1) is 0 Å². The molecule has 2 heteroatoms. The molecule has 1 saturated heterocycles.